The van der Waals surface area contributed by atoms with E-state index in [1.54, 1.807) is 0 Å². The van der Waals surface area contributed by atoms with Crippen molar-refractivity contribution in [2.75, 3.05) is 0 Å². The molecule has 3 nitrogen and oxygen atoms in total. The molecule has 0 aliphatic rings. The molecule has 0 saturated heterocycles. The van der Waals surface area contributed by atoms with Crippen LogP contribution in [0.3, 0.4) is 0 Å². The van der Waals surface area contributed by atoms with Gasteiger partial charge in [0.05, 0.1) is 22.1 Å². The molecule has 3 aromatic heterocycles. The van der Waals surface area contributed by atoms with E-state index in [1.165, 1.54) is 60.3 Å². The van der Waals surface area contributed by atoms with Gasteiger partial charge in [-0.2, -0.15) is 0 Å². The van der Waals surface area contributed by atoms with Crippen LogP contribution in [0.4, 0.5) is 0 Å². The summed E-state index contributed by atoms with van der Waals surface area (Å²) in [6, 6.07) is 74.5. The summed E-state index contributed by atoms with van der Waals surface area (Å²) in [5.74, 6) is 0. The monoisotopic (exact) mass is 726 g/mol. The normalized spacial score (nSPS) is 11.9. The Bertz CT molecular complexity index is 3510. The number of fused-ring (bicyclic) bond motifs is 9. The summed E-state index contributed by atoms with van der Waals surface area (Å²) in [6.45, 7) is 0. The van der Waals surface area contributed by atoms with Gasteiger partial charge in [0.1, 0.15) is 11.2 Å². The molecule has 0 aliphatic heterocycles. The van der Waals surface area contributed by atoms with E-state index >= 15 is 0 Å². The molecule has 0 spiro atoms. The van der Waals surface area contributed by atoms with Gasteiger partial charge in [-0.3, -0.25) is 0 Å². The zero-order valence-electron chi connectivity index (χ0n) is 30.9. The highest BCUT2D eigenvalue weighted by Gasteiger charge is 2.19. The highest BCUT2D eigenvalue weighted by Crippen LogP contribution is 2.42. The van der Waals surface area contributed by atoms with Gasteiger partial charge in [-0.25, -0.2) is 0 Å². The molecule has 0 fully saturated rings. The number of para-hydroxylation sites is 4. The van der Waals surface area contributed by atoms with Crippen molar-refractivity contribution in [3.63, 3.8) is 0 Å². The van der Waals surface area contributed by atoms with Crippen LogP contribution in [0.15, 0.2) is 211 Å². The first kappa shape index (κ1) is 31.7. The van der Waals surface area contributed by atoms with Crippen molar-refractivity contribution in [2.45, 2.75) is 0 Å². The highest BCUT2D eigenvalue weighted by atomic mass is 16.3. The zero-order valence-corrected chi connectivity index (χ0v) is 30.9. The second-order valence-corrected chi connectivity index (χ2v) is 14.9. The number of hydrogen-bond donors (Lipinski definition) is 0. The minimum Gasteiger partial charge on any atom is -0.455 e. The van der Waals surface area contributed by atoms with Crippen LogP contribution in [-0.4, -0.2) is 9.13 Å². The van der Waals surface area contributed by atoms with Crippen LogP contribution in [0.1, 0.15) is 0 Å². The van der Waals surface area contributed by atoms with Gasteiger partial charge in [0.25, 0.3) is 0 Å². The first-order valence-corrected chi connectivity index (χ1v) is 19.5. The van der Waals surface area contributed by atoms with Crippen molar-refractivity contribution in [1.29, 1.82) is 0 Å². The number of furan rings is 1. The van der Waals surface area contributed by atoms with Gasteiger partial charge >= 0.3 is 0 Å². The molecular formula is C54H34N2O. The summed E-state index contributed by atoms with van der Waals surface area (Å²) in [4.78, 5) is 0. The third-order valence-electron chi connectivity index (χ3n) is 11.7. The molecule has 9 aromatic carbocycles. The molecule has 0 bridgehead atoms. The summed E-state index contributed by atoms with van der Waals surface area (Å²) in [7, 11) is 0. The predicted octanol–water partition coefficient (Wildman–Crippen LogP) is 14.8. The lowest BCUT2D eigenvalue weighted by Gasteiger charge is -2.11. The molecule has 12 rings (SSSR count). The lowest BCUT2D eigenvalue weighted by atomic mass is 9.98. The van der Waals surface area contributed by atoms with E-state index in [0.29, 0.717) is 0 Å². The summed E-state index contributed by atoms with van der Waals surface area (Å²) in [6.07, 6.45) is 0. The molecule has 0 radical (unpaired) electrons. The number of aromatic nitrogens is 2. The molecule has 57 heavy (non-hydrogen) atoms. The molecule has 0 unspecified atom stereocenters. The quantitative estimate of drug-likeness (QED) is 0.173. The van der Waals surface area contributed by atoms with Crippen LogP contribution in [0.5, 0.6) is 0 Å². The van der Waals surface area contributed by atoms with E-state index in [4.69, 9.17) is 4.42 Å². The van der Waals surface area contributed by atoms with E-state index in [0.717, 1.165) is 50.0 Å². The molecule has 3 heteroatoms. The first-order valence-electron chi connectivity index (χ1n) is 19.5. The maximum Gasteiger partial charge on any atom is 0.143 e. The zero-order chi connectivity index (χ0) is 37.5. The van der Waals surface area contributed by atoms with Crippen molar-refractivity contribution in [3.05, 3.63) is 206 Å². The molecular weight excluding hydrogens is 693 g/mol. The third-order valence-corrected chi connectivity index (χ3v) is 11.7. The number of nitrogens with zero attached hydrogens (tertiary/aromatic N) is 2. The van der Waals surface area contributed by atoms with Crippen molar-refractivity contribution in [2.24, 2.45) is 0 Å². The van der Waals surface area contributed by atoms with Crippen molar-refractivity contribution in [3.8, 4) is 44.8 Å². The second kappa shape index (κ2) is 12.5. The minimum atomic E-state index is 0.907. The first-order chi connectivity index (χ1) is 28.3. The van der Waals surface area contributed by atoms with Gasteiger partial charge < -0.3 is 13.6 Å². The fourth-order valence-electron chi connectivity index (χ4n) is 9.09. The van der Waals surface area contributed by atoms with Crippen LogP contribution < -0.4 is 0 Å². The van der Waals surface area contributed by atoms with E-state index in [2.05, 4.69) is 209 Å². The van der Waals surface area contributed by atoms with Crippen LogP contribution in [0, 0.1) is 0 Å². The predicted molar refractivity (Wildman–Crippen MR) is 239 cm³/mol. The third kappa shape index (κ3) is 4.92. The Hall–Kier alpha value is -7.62. The molecule has 12 aromatic rings. The fourth-order valence-corrected chi connectivity index (χ4v) is 9.09. The minimum absolute atomic E-state index is 0.907. The summed E-state index contributed by atoms with van der Waals surface area (Å²) in [5.41, 5.74) is 15.8. The Labute approximate surface area is 328 Å². The molecule has 0 amide bonds. The number of rotatable bonds is 5. The maximum atomic E-state index is 6.53. The van der Waals surface area contributed by atoms with E-state index < -0.39 is 0 Å². The van der Waals surface area contributed by atoms with Crippen molar-refractivity contribution >= 4 is 65.6 Å². The van der Waals surface area contributed by atoms with Gasteiger partial charge in [0.15, 0.2) is 0 Å². The van der Waals surface area contributed by atoms with Gasteiger partial charge in [-0.1, -0.05) is 133 Å². The number of hydrogen-bond acceptors (Lipinski definition) is 1. The van der Waals surface area contributed by atoms with Crippen LogP contribution in [0.2, 0.25) is 0 Å². The average Bonchev–Trinajstić information content (AvgIpc) is 3.94. The maximum absolute atomic E-state index is 6.53. The average molecular weight is 727 g/mol. The van der Waals surface area contributed by atoms with Crippen LogP contribution in [-0.2, 0) is 0 Å². The van der Waals surface area contributed by atoms with Gasteiger partial charge in [-0.15, -0.1) is 0 Å². The van der Waals surface area contributed by atoms with Crippen molar-refractivity contribution in [1.82, 2.24) is 9.13 Å². The van der Waals surface area contributed by atoms with Gasteiger partial charge in [0, 0.05) is 49.3 Å². The van der Waals surface area contributed by atoms with E-state index in [1.807, 2.05) is 6.07 Å². The summed E-state index contributed by atoms with van der Waals surface area (Å²) in [5, 5.41) is 7.17. The van der Waals surface area contributed by atoms with E-state index in [9.17, 15) is 0 Å². The Kier molecular flexibility index (Phi) is 6.93. The van der Waals surface area contributed by atoms with Gasteiger partial charge in [0.2, 0.25) is 0 Å². The second-order valence-electron chi connectivity index (χ2n) is 14.9. The summed E-state index contributed by atoms with van der Waals surface area (Å²) < 4.78 is 11.3. The topological polar surface area (TPSA) is 23.0 Å². The Balaban J connectivity index is 1.09. The van der Waals surface area contributed by atoms with Gasteiger partial charge in [-0.05, 0) is 101 Å². The smallest absolute Gasteiger partial charge is 0.143 e. The van der Waals surface area contributed by atoms with Crippen molar-refractivity contribution < 1.29 is 4.42 Å². The lowest BCUT2D eigenvalue weighted by Crippen LogP contribution is -1.94. The fraction of sp³-hybridized carbons (Fsp3) is 0. The molecule has 266 valence electrons. The summed E-state index contributed by atoms with van der Waals surface area (Å²) >= 11 is 0. The molecule has 3 heterocycles. The number of benzene rings is 9. The molecule has 0 saturated carbocycles. The Morgan fingerprint density at radius 3 is 1.53 bits per heavy atom. The highest BCUT2D eigenvalue weighted by molar-refractivity contribution is 6.15. The van der Waals surface area contributed by atoms with E-state index in [-0.39, 0.29) is 0 Å². The largest absolute Gasteiger partial charge is 0.455 e. The lowest BCUT2D eigenvalue weighted by molar-refractivity contribution is 0.670. The molecule has 0 aliphatic carbocycles. The molecule has 0 N–H and O–H groups in total. The SMILES string of the molecule is c1ccc(-c2cccc(-n3c4ccc(-c5ccc6c(c5)c5ccccc5n6-c5ccccc5)cc4c4cc(-c5cccc6c5oc5ccccc56)ccc43)c2)cc1. The van der Waals surface area contributed by atoms with Crippen LogP contribution in [0.25, 0.3) is 110 Å². The Morgan fingerprint density at radius 1 is 0.281 bits per heavy atom. The standard InChI is InChI=1S/C54H34N2O/c1-3-13-35(14-4-1)36-15-11-18-41(31-36)56-51-29-26-38(37-25-28-50-46(32-37)43-19-7-9-23-49(43)55(50)40-16-5-2-6-17-40)33-47(51)48-34-39(27-30-52(48)56)42-21-12-22-45-44-20-8-10-24-53(44)57-54(42)45/h1-34H. The molecule has 0 atom stereocenters. The van der Waals surface area contributed by atoms with Crippen LogP contribution >= 0.6 is 0 Å². The Morgan fingerprint density at radius 2 is 0.772 bits per heavy atom.